The van der Waals surface area contributed by atoms with E-state index in [9.17, 15) is 19.5 Å². The number of Topliss-reactive ketones (excluding diaryl/α,β-unsaturated/α-hetero) is 1. The minimum Gasteiger partial charge on any atom is -0.444 e. The normalized spacial score (nSPS) is 15.5. The summed E-state index contributed by atoms with van der Waals surface area (Å²) in [6, 6.07) is -1.80. The highest BCUT2D eigenvalue weighted by Gasteiger charge is 2.33. The summed E-state index contributed by atoms with van der Waals surface area (Å²) >= 11 is 0. The van der Waals surface area contributed by atoms with Gasteiger partial charge in [-0.05, 0) is 48.5 Å². The number of rotatable bonds is 6. The zero-order valence-electron chi connectivity index (χ0n) is 14.5. The quantitative estimate of drug-likeness (QED) is 0.764. The van der Waals surface area contributed by atoms with E-state index in [1.54, 1.807) is 34.6 Å². The van der Waals surface area contributed by atoms with Crippen LogP contribution < -0.4 is 5.32 Å². The summed E-state index contributed by atoms with van der Waals surface area (Å²) < 4.78 is 5.09. The predicted molar refractivity (Wildman–Crippen MR) is 82.4 cm³/mol. The third kappa shape index (κ3) is 6.43. The van der Waals surface area contributed by atoms with Crippen molar-refractivity contribution in [2.24, 2.45) is 0 Å². The van der Waals surface area contributed by atoms with E-state index in [-0.39, 0.29) is 5.78 Å². The standard InChI is InChI=1S/C15H28N2O5/c1-8-17(9(2)10(3)18)13(20)12(11(4)19)16-14(21)22-15(5,6)7/h9,11-12,19H,8H2,1-7H3,(H,16,21)/t9-,11-,12+/m1/s1. The van der Waals surface area contributed by atoms with Crippen LogP contribution in [-0.2, 0) is 14.3 Å². The number of carbonyl (C=O) groups excluding carboxylic acids is 3. The molecule has 2 amide bonds. The van der Waals surface area contributed by atoms with Gasteiger partial charge in [-0.3, -0.25) is 9.59 Å². The molecule has 22 heavy (non-hydrogen) atoms. The Kier molecular flexibility index (Phi) is 7.52. The van der Waals surface area contributed by atoms with Crippen LogP contribution in [0.2, 0.25) is 0 Å². The molecule has 0 rings (SSSR count). The van der Waals surface area contributed by atoms with Crippen molar-refractivity contribution in [2.75, 3.05) is 6.54 Å². The topological polar surface area (TPSA) is 95.9 Å². The third-order valence-electron chi connectivity index (χ3n) is 3.10. The van der Waals surface area contributed by atoms with Crippen molar-refractivity contribution in [1.29, 1.82) is 0 Å². The molecule has 0 aromatic heterocycles. The van der Waals surface area contributed by atoms with E-state index < -0.39 is 35.8 Å². The summed E-state index contributed by atoms with van der Waals surface area (Å²) in [4.78, 5) is 37.1. The molecule has 3 atom stereocenters. The largest absolute Gasteiger partial charge is 0.444 e. The van der Waals surface area contributed by atoms with Crippen molar-refractivity contribution in [3.63, 3.8) is 0 Å². The fourth-order valence-electron chi connectivity index (χ4n) is 1.84. The van der Waals surface area contributed by atoms with Crippen molar-refractivity contribution >= 4 is 17.8 Å². The maximum Gasteiger partial charge on any atom is 0.408 e. The van der Waals surface area contributed by atoms with Crippen molar-refractivity contribution in [3.8, 4) is 0 Å². The number of hydrogen-bond acceptors (Lipinski definition) is 5. The van der Waals surface area contributed by atoms with Crippen molar-refractivity contribution < 1.29 is 24.2 Å². The summed E-state index contributed by atoms with van der Waals surface area (Å²) in [5.41, 5.74) is -0.715. The zero-order chi connectivity index (χ0) is 17.7. The fraction of sp³-hybridized carbons (Fsp3) is 0.800. The molecule has 0 aliphatic carbocycles. The molecule has 128 valence electrons. The van der Waals surface area contributed by atoms with Crippen LogP contribution in [0.1, 0.15) is 48.5 Å². The number of nitrogens with one attached hydrogen (secondary N) is 1. The second kappa shape index (κ2) is 8.12. The minimum atomic E-state index is -1.17. The Morgan fingerprint density at radius 3 is 2.05 bits per heavy atom. The number of carbonyl (C=O) groups is 3. The van der Waals surface area contributed by atoms with Gasteiger partial charge in [0.15, 0.2) is 5.78 Å². The minimum absolute atomic E-state index is 0.170. The Morgan fingerprint density at radius 2 is 1.73 bits per heavy atom. The Bertz CT molecular complexity index is 415. The number of nitrogens with zero attached hydrogens (tertiary/aromatic N) is 1. The molecule has 0 heterocycles. The van der Waals surface area contributed by atoms with Gasteiger partial charge in [-0.1, -0.05) is 0 Å². The van der Waals surface area contributed by atoms with E-state index in [1.807, 2.05) is 0 Å². The maximum absolute atomic E-state index is 12.5. The van der Waals surface area contributed by atoms with Gasteiger partial charge in [-0.25, -0.2) is 4.79 Å². The lowest BCUT2D eigenvalue weighted by molar-refractivity contribution is -0.142. The number of alkyl carbamates (subject to hydrolysis) is 1. The van der Waals surface area contributed by atoms with Gasteiger partial charge >= 0.3 is 6.09 Å². The molecule has 7 heteroatoms. The van der Waals surface area contributed by atoms with Crippen molar-refractivity contribution in [3.05, 3.63) is 0 Å². The van der Waals surface area contributed by atoms with Crippen molar-refractivity contribution in [1.82, 2.24) is 10.2 Å². The zero-order valence-corrected chi connectivity index (χ0v) is 14.5. The first-order valence-electron chi connectivity index (χ1n) is 7.39. The first-order valence-corrected chi connectivity index (χ1v) is 7.39. The molecule has 0 fully saturated rings. The molecular formula is C15H28N2O5. The first-order chi connectivity index (χ1) is 9.90. The monoisotopic (exact) mass is 316 g/mol. The Hall–Kier alpha value is -1.63. The molecule has 7 nitrogen and oxygen atoms in total. The molecule has 0 unspecified atom stereocenters. The summed E-state index contributed by atoms with van der Waals surface area (Å²) in [5.74, 6) is -0.692. The average molecular weight is 316 g/mol. The third-order valence-corrected chi connectivity index (χ3v) is 3.10. The van der Waals surface area contributed by atoms with Gasteiger partial charge in [0.25, 0.3) is 0 Å². The number of aliphatic hydroxyl groups is 1. The Balaban J connectivity index is 5.12. The van der Waals surface area contributed by atoms with Crippen LogP contribution in [0.25, 0.3) is 0 Å². The van der Waals surface area contributed by atoms with E-state index in [1.165, 1.54) is 18.7 Å². The molecule has 0 saturated carbocycles. The Labute approximate surface area is 132 Å². The highest BCUT2D eigenvalue weighted by atomic mass is 16.6. The van der Waals surface area contributed by atoms with Crippen LogP contribution in [0.5, 0.6) is 0 Å². The summed E-state index contributed by atoms with van der Waals surface area (Å²) in [7, 11) is 0. The van der Waals surface area contributed by atoms with Gasteiger partial charge in [-0.2, -0.15) is 0 Å². The molecule has 0 saturated heterocycles. The summed E-state index contributed by atoms with van der Waals surface area (Å²) in [5, 5.41) is 12.2. The molecule has 0 radical (unpaired) electrons. The lowest BCUT2D eigenvalue weighted by Gasteiger charge is -2.32. The number of hydrogen-bond donors (Lipinski definition) is 2. The van der Waals surface area contributed by atoms with Crippen molar-refractivity contribution in [2.45, 2.75) is 72.3 Å². The molecule has 0 aromatic carbocycles. The van der Waals surface area contributed by atoms with E-state index in [0.29, 0.717) is 6.54 Å². The number of likely N-dealkylation sites (N-methyl/N-ethyl adjacent to an activating group) is 1. The molecule has 0 bridgehead atoms. The van der Waals surface area contributed by atoms with Crippen LogP contribution in [0.4, 0.5) is 4.79 Å². The summed E-state index contributed by atoms with van der Waals surface area (Å²) in [6.07, 6.45) is -1.91. The predicted octanol–water partition coefficient (Wildman–Crippen LogP) is 1.09. The Morgan fingerprint density at radius 1 is 1.23 bits per heavy atom. The summed E-state index contributed by atoms with van der Waals surface area (Å²) in [6.45, 7) is 11.5. The molecule has 0 spiro atoms. The molecule has 2 N–H and O–H groups in total. The number of ether oxygens (including phenoxy) is 1. The highest BCUT2D eigenvalue weighted by molar-refractivity contribution is 5.91. The van der Waals surface area contributed by atoms with Crippen LogP contribution in [-0.4, -0.2) is 58.1 Å². The molecule has 0 aliphatic rings. The SMILES string of the molecule is CCN(C(=O)[C@@H](NC(=O)OC(C)(C)C)[C@@H](C)O)[C@H](C)C(C)=O. The lowest BCUT2D eigenvalue weighted by Crippen LogP contribution is -2.57. The van der Waals surface area contributed by atoms with E-state index in [4.69, 9.17) is 4.74 Å². The van der Waals surface area contributed by atoms with Crippen LogP contribution in [0.15, 0.2) is 0 Å². The maximum atomic E-state index is 12.5. The van der Waals surface area contributed by atoms with Gasteiger partial charge in [0.1, 0.15) is 11.6 Å². The first kappa shape index (κ1) is 20.4. The number of aliphatic hydroxyl groups excluding tert-OH is 1. The van der Waals surface area contributed by atoms with Gasteiger partial charge in [0.05, 0.1) is 12.1 Å². The smallest absolute Gasteiger partial charge is 0.408 e. The van der Waals surface area contributed by atoms with Gasteiger partial charge in [0, 0.05) is 6.54 Å². The van der Waals surface area contributed by atoms with Crippen LogP contribution in [0, 0.1) is 0 Å². The second-order valence-corrected chi connectivity index (χ2v) is 6.28. The van der Waals surface area contributed by atoms with Gasteiger partial charge in [0.2, 0.25) is 5.91 Å². The van der Waals surface area contributed by atoms with E-state index in [2.05, 4.69) is 5.32 Å². The number of ketones is 1. The average Bonchev–Trinajstić information content (AvgIpc) is 2.33. The highest BCUT2D eigenvalue weighted by Crippen LogP contribution is 2.10. The number of amides is 2. The van der Waals surface area contributed by atoms with Gasteiger partial charge < -0.3 is 20.1 Å². The van der Waals surface area contributed by atoms with Crippen LogP contribution >= 0.6 is 0 Å². The molecule has 0 aromatic rings. The van der Waals surface area contributed by atoms with Crippen LogP contribution in [0.3, 0.4) is 0 Å². The molecule has 0 aliphatic heterocycles. The van der Waals surface area contributed by atoms with E-state index in [0.717, 1.165) is 0 Å². The fourth-order valence-corrected chi connectivity index (χ4v) is 1.84. The lowest BCUT2D eigenvalue weighted by atomic mass is 10.1. The molecular weight excluding hydrogens is 288 g/mol. The van der Waals surface area contributed by atoms with E-state index >= 15 is 0 Å². The van der Waals surface area contributed by atoms with Gasteiger partial charge in [-0.15, -0.1) is 0 Å². The second-order valence-electron chi connectivity index (χ2n) is 6.28.